The monoisotopic (exact) mass is 239 g/mol. The van der Waals surface area contributed by atoms with E-state index in [-0.39, 0.29) is 11.9 Å². The molecule has 94 valence electrons. The van der Waals surface area contributed by atoms with Gasteiger partial charge in [0.25, 0.3) is 0 Å². The molecule has 0 fully saturated rings. The number of oxime groups is 1. The maximum atomic E-state index is 8.54. The Morgan fingerprint density at radius 3 is 3.06 bits per heavy atom. The lowest BCUT2D eigenvalue weighted by atomic mass is 10.3. The third kappa shape index (κ3) is 4.28. The first-order valence-corrected chi connectivity index (χ1v) is 5.35. The van der Waals surface area contributed by atoms with Gasteiger partial charge in [0.1, 0.15) is 17.5 Å². The molecule has 0 aliphatic rings. The number of ether oxygens (including phenoxy) is 2. The van der Waals surface area contributed by atoms with E-state index in [2.05, 4.69) is 10.1 Å². The number of pyridine rings is 1. The van der Waals surface area contributed by atoms with Crippen molar-refractivity contribution in [3.8, 4) is 5.75 Å². The summed E-state index contributed by atoms with van der Waals surface area (Å²) in [5.41, 5.74) is 5.80. The fraction of sp³-hybridized carbons (Fsp3) is 0.455. The van der Waals surface area contributed by atoms with Gasteiger partial charge in [-0.3, -0.25) is 4.98 Å². The van der Waals surface area contributed by atoms with Crippen LogP contribution in [-0.4, -0.2) is 35.3 Å². The molecule has 0 radical (unpaired) electrons. The molecule has 1 aromatic rings. The number of rotatable bonds is 6. The molecule has 1 atom stereocenters. The highest BCUT2D eigenvalue weighted by atomic mass is 16.5. The molecule has 0 aliphatic heterocycles. The van der Waals surface area contributed by atoms with Crippen LogP contribution in [0.1, 0.15) is 19.5 Å². The van der Waals surface area contributed by atoms with Crippen LogP contribution in [0.4, 0.5) is 0 Å². The normalized spacial score (nSPS) is 13.4. The van der Waals surface area contributed by atoms with Crippen molar-refractivity contribution in [2.45, 2.75) is 20.0 Å². The van der Waals surface area contributed by atoms with E-state index in [0.29, 0.717) is 24.7 Å². The minimum Gasteiger partial charge on any atom is -0.488 e. The van der Waals surface area contributed by atoms with Gasteiger partial charge in [0.15, 0.2) is 5.84 Å². The van der Waals surface area contributed by atoms with Crippen LogP contribution in [0.15, 0.2) is 23.5 Å². The summed E-state index contributed by atoms with van der Waals surface area (Å²) in [5, 5.41) is 11.4. The summed E-state index contributed by atoms with van der Waals surface area (Å²) in [6.07, 6.45) is 1.47. The second kappa shape index (κ2) is 6.70. The molecule has 1 unspecified atom stereocenters. The average Bonchev–Trinajstić information content (AvgIpc) is 2.35. The van der Waals surface area contributed by atoms with Crippen LogP contribution >= 0.6 is 0 Å². The highest BCUT2D eigenvalue weighted by Gasteiger charge is 2.07. The smallest absolute Gasteiger partial charge is 0.188 e. The van der Waals surface area contributed by atoms with Crippen molar-refractivity contribution in [1.29, 1.82) is 0 Å². The fourth-order valence-electron chi connectivity index (χ4n) is 1.23. The van der Waals surface area contributed by atoms with Gasteiger partial charge >= 0.3 is 0 Å². The number of nitrogens with zero attached hydrogens (tertiary/aromatic N) is 2. The molecule has 0 saturated carbocycles. The maximum Gasteiger partial charge on any atom is 0.188 e. The van der Waals surface area contributed by atoms with Gasteiger partial charge in [0, 0.05) is 18.9 Å². The van der Waals surface area contributed by atoms with Crippen molar-refractivity contribution in [1.82, 2.24) is 4.98 Å². The molecular weight excluding hydrogens is 222 g/mol. The van der Waals surface area contributed by atoms with Gasteiger partial charge in [0.2, 0.25) is 0 Å². The second-order valence-corrected chi connectivity index (χ2v) is 3.45. The number of aromatic nitrogens is 1. The Morgan fingerprint density at radius 2 is 2.41 bits per heavy atom. The van der Waals surface area contributed by atoms with E-state index in [0.717, 1.165) is 0 Å². The van der Waals surface area contributed by atoms with E-state index in [9.17, 15) is 0 Å². The molecule has 17 heavy (non-hydrogen) atoms. The van der Waals surface area contributed by atoms with Crippen molar-refractivity contribution in [2.24, 2.45) is 10.9 Å². The second-order valence-electron chi connectivity index (χ2n) is 3.45. The van der Waals surface area contributed by atoms with Crippen molar-refractivity contribution >= 4 is 5.84 Å². The zero-order valence-corrected chi connectivity index (χ0v) is 9.96. The standard InChI is InChI=1S/C11H17N3O3/c1-3-16-7-8(2)17-9-4-5-13-10(6-9)11(12)14-15/h4-6,8,15H,3,7H2,1-2H3,(H2,12,14). The van der Waals surface area contributed by atoms with Crippen molar-refractivity contribution < 1.29 is 14.7 Å². The molecule has 0 aliphatic carbocycles. The van der Waals surface area contributed by atoms with Crippen molar-refractivity contribution in [2.75, 3.05) is 13.2 Å². The van der Waals surface area contributed by atoms with E-state index >= 15 is 0 Å². The molecule has 0 amide bonds. The summed E-state index contributed by atoms with van der Waals surface area (Å²) < 4.78 is 10.8. The van der Waals surface area contributed by atoms with Crippen molar-refractivity contribution in [3.05, 3.63) is 24.0 Å². The van der Waals surface area contributed by atoms with E-state index < -0.39 is 0 Å². The van der Waals surface area contributed by atoms with Gasteiger partial charge in [-0.25, -0.2) is 0 Å². The maximum absolute atomic E-state index is 8.54. The molecule has 3 N–H and O–H groups in total. The Balaban J connectivity index is 2.65. The molecular formula is C11H17N3O3. The molecule has 0 bridgehead atoms. The van der Waals surface area contributed by atoms with Crippen LogP contribution in [0.25, 0.3) is 0 Å². The summed E-state index contributed by atoms with van der Waals surface area (Å²) in [7, 11) is 0. The Hall–Kier alpha value is -1.82. The highest BCUT2D eigenvalue weighted by Crippen LogP contribution is 2.13. The average molecular weight is 239 g/mol. The van der Waals surface area contributed by atoms with Crippen LogP contribution in [0, 0.1) is 0 Å². The lowest BCUT2D eigenvalue weighted by molar-refractivity contribution is 0.0656. The van der Waals surface area contributed by atoms with Gasteiger partial charge in [-0.15, -0.1) is 0 Å². The zero-order valence-electron chi connectivity index (χ0n) is 9.96. The first-order chi connectivity index (χ1) is 8.17. The molecule has 6 heteroatoms. The largest absolute Gasteiger partial charge is 0.488 e. The van der Waals surface area contributed by atoms with Crippen molar-refractivity contribution in [3.63, 3.8) is 0 Å². The molecule has 0 aromatic carbocycles. The van der Waals surface area contributed by atoms with Gasteiger partial charge in [-0.2, -0.15) is 0 Å². The minimum atomic E-state index is -0.0718. The number of amidine groups is 1. The first kappa shape index (κ1) is 13.2. The topological polar surface area (TPSA) is 90.0 Å². The van der Waals surface area contributed by atoms with Crippen LogP contribution in [0.3, 0.4) is 0 Å². The van der Waals surface area contributed by atoms with Gasteiger partial charge in [-0.1, -0.05) is 5.16 Å². The number of hydrogen-bond donors (Lipinski definition) is 2. The van der Waals surface area contributed by atoms with Gasteiger partial charge in [0.05, 0.1) is 6.61 Å². The van der Waals surface area contributed by atoms with Gasteiger partial charge in [-0.05, 0) is 19.9 Å². The lowest BCUT2D eigenvalue weighted by Crippen LogP contribution is -2.20. The van der Waals surface area contributed by atoms with Crippen LogP contribution < -0.4 is 10.5 Å². The quantitative estimate of drug-likeness (QED) is 0.334. The Labute approximate surface area is 100 Å². The van der Waals surface area contributed by atoms with E-state index in [1.165, 1.54) is 6.20 Å². The number of nitrogens with two attached hydrogens (primary N) is 1. The highest BCUT2D eigenvalue weighted by molar-refractivity contribution is 5.95. The van der Waals surface area contributed by atoms with Crippen LogP contribution in [0.2, 0.25) is 0 Å². The molecule has 1 aromatic heterocycles. The van der Waals surface area contributed by atoms with E-state index in [1.807, 2.05) is 13.8 Å². The molecule has 0 spiro atoms. The first-order valence-electron chi connectivity index (χ1n) is 5.35. The third-order valence-corrected chi connectivity index (χ3v) is 2.00. The molecule has 0 saturated heterocycles. The third-order valence-electron chi connectivity index (χ3n) is 2.00. The SMILES string of the molecule is CCOCC(C)Oc1ccnc(/C(N)=N/O)c1. The summed E-state index contributed by atoms with van der Waals surface area (Å²) in [4.78, 5) is 3.95. The zero-order chi connectivity index (χ0) is 12.7. The molecule has 1 heterocycles. The minimum absolute atomic E-state index is 0.0482. The van der Waals surface area contributed by atoms with Gasteiger partial charge < -0.3 is 20.4 Å². The molecule has 1 rings (SSSR count). The summed E-state index contributed by atoms with van der Waals surface area (Å²) in [6, 6.07) is 3.31. The van der Waals surface area contributed by atoms with E-state index in [4.69, 9.17) is 20.4 Å². The van der Waals surface area contributed by atoms with Crippen LogP contribution in [-0.2, 0) is 4.74 Å². The Morgan fingerprint density at radius 1 is 1.65 bits per heavy atom. The van der Waals surface area contributed by atoms with Crippen LogP contribution in [0.5, 0.6) is 5.75 Å². The Bertz CT molecular complexity index is 382. The lowest BCUT2D eigenvalue weighted by Gasteiger charge is -2.14. The number of hydrogen-bond acceptors (Lipinski definition) is 5. The van der Waals surface area contributed by atoms with E-state index in [1.54, 1.807) is 12.1 Å². The predicted molar refractivity (Wildman–Crippen MR) is 63.3 cm³/mol. The fourth-order valence-corrected chi connectivity index (χ4v) is 1.23. The predicted octanol–water partition coefficient (Wildman–Crippen LogP) is 0.980. The molecule has 6 nitrogen and oxygen atoms in total. The Kier molecular flexibility index (Phi) is 5.22. The summed E-state index contributed by atoms with van der Waals surface area (Å²) in [5.74, 6) is 0.557. The summed E-state index contributed by atoms with van der Waals surface area (Å²) in [6.45, 7) is 4.99. The summed E-state index contributed by atoms with van der Waals surface area (Å²) >= 11 is 0.